The molecule has 0 N–H and O–H groups in total. The van der Waals surface area contributed by atoms with Crippen molar-refractivity contribution >= 4 is 11.6 Å². The van der Waals surface area contributed by atoms with Gasteiger partial charge in [0, 0.05) is 31.2 Å². The van der Waals surface area contributed by atoms with Gasteiger partial charge in [0.15, 0.2) is 0 Å². The second-order valence-electron chi connectivity index (χ2n) is 6.73. The fourth-order valence-electron chi connectivity index (χ4n) is 3.58. The third-order valence-corrected chi connectivity index (χ3v) is 5.02. The van der Waals surface area contributed by atoms with Crippen LogP contribution in [0, 0.1) is 0 Å². The third-order valence-electron chi connectivity index (χ3n) is 5.02. The number of hydrogen-bond donors (Lipinski definition) is 0. The van der Waals surface area contributed by atoms with Gasteiger partial charge in [-0.15, -0.1) is 0 Å². The van der Waals surface area contributed by atoms with Crippen molar-refractivity contribution in [3.05, 3.63) is 24.3 Å². The van der Waals surface area contributed by atoms with Crippen LogP contribution in [0.2, 0.25) is 0 Å². The Balaban J connectivity index is 1.43. The SMILES string of the molecule is C[C@@H]1CCCN1CCCOc1ccc(N2CCCCC2=O)cc1. The van der Waals surface area contributed by atoms with Gasteiger partial charge >= 0.3 is 0 Å². The topological polar surface area (TPSA) is 32.8 Å². The molecule has 0 spiro atoms. The second kappa shape index (κ2) is 7.82. The van der Waals surface area contributed by atoms with E-state index in [1.54, 1.807) is 0 Å². The van der Waals surface area contributed by atoms with E-state index >= 15 is 0 Å². The first-order chi connectivity index (χ1) is 11.2. The lowest BCUT2D eigenvalue weighted by atomic mass is 10.1. The van der Waals surface area contributed by atoms with Crippen LogP contribution in [0.3, 0.4) is 0 Å². The normalized spacial score (nSPS) is 22.6. The molecule has 0 saturated carbocycles. The molecular weight excluding hydrogens is 288 g/mol. The summed E-state index contributed by atoms with van der Waals surface area (Å²) in [4.78, 5) is 16.4. The molecular formula is C19H28N2O2. The van der Waals surface area contributed by atoms with Gasteiger partial charge in [-0.3, -0.25) is 4.79 Å². The molecule has 3 rings (SSSR count). The molecule has 1 aromatic carbocycles. The Morgan fingerprint density at radius 2 is 1.96 bits per heavy atom. The summed E-state index contributed by atoms with van der Waals surface area (Å²) >= 11 is 0. The summed E-state index contributed by atoms with van der Waals surface area (Å²) in [5.74, 6) is 1.14. The van der Waals surface area contributed by atoms with Gasteiger partial charge in [-0.2, -0.15) is 0 Å². The number of benzene rings is 1. The molecule has 0 aromatic heterocycles. The Kier molecular flexibility index (Phi) is 5.55. The summed E-state index contributed by atoms with van der Waals surface area (Å²) in [7, 11) is 0. The van der Waals surface area contributed by atoms with Crippen LogP contribution < -0.4 is 9.64 Å². The zero-order chi connectivity index (χ0) is 16.1. The average molecular weight is 316 g/mol. The molecule has 2 aliphatic heterocycles. The predicted octanol–water partition coefficient (Wildman–Crippen LogP) is 3.46. The number of likely N-dealkylation sites (tertiary alicyclic amines) is 1. The third kappa shape index (κ3) is 4.25. The van der Waals surface area contributed by atoms with Gasteiger partial charge in [0.05, 0.1) is 6.61 Å². The standard InChI is InChI=1S/C19H28N2O2/c1-16-6-4-12-20(16)13-5-15-23-18-10-8-17(9-11-18)21-14-3-2-7-19(21)22/h8-11,16H,2-7,12-15H2,1H3/t16-/m1/s1. The maximum absolute atomic E-state index is 11.9. The zero-order valence-electron chi connectivity index (χ0n) is 14.2. The number of hydrogen-bond acceptors (Lipinski definition) is 3. The number of carbonyl (C=O) groups is 1. The smallest absolute Gasteiger partial charge is 0.226 e. The average Bonchev–Trinajstić information content (AvgIpc) is 2.98. The van der Waals surface area contributed by atoms with E-state index in [0.29, 0.717) is 6.42 Å². The van der Waals surface area contributed by atoms with Crippen molar-refractivity contribution in [3.8, 4) is 5.75 Å². The fourth-order valence-corrected chi connectivity index (χ4v) is 3.58. The van der Waals surface area contributed by atoms with Crippen molar-refractivity contribution < 1.29 is 9.53 Å². The highest BCUT2D eigenvalue weighted by molar-refractivity contribution is 5.93. The quantitative estimate of drug-likeness (QED) is 0.754. The van der Waals surface area contributed by atoms with Crippen molar-refractivity contribution in [1.82, 2.24) is 4.90 Å². The minimum Gasteiger partial charge on any atom is -0.494 e. The van der Waals surface area contributed by atoms with Crippen molar-refractivity contribution in [2.45, 2.75) is 51.5 Å². The fraction of sp³-hybridized carbons (Fsp3) is 0.632. The number of amides is 1. The second-order valence-corrected chi connectivity index (χ2v) is 6.73. The first-order valence-electron chi connectivity index (χ1n) is 9.01. The maximum atomic E-state index is 11.9. The lowest BCUT2D eigenvalue weighted by molar-refractivity contribution is -0.119. The van der Waals surface area contributed by atoms with Gasteiger partial charge in [-0.05, 0) is 69.8 Å². The molecule has 0 bridgehead atoms. The minimum atomic E-state index is 0.240. The van der Waals surface area contributed by atoms with Crippen LogP contribution in [0.4, 0.5) is 5.69 Å². The van der Waals surface area contributed by atoms with E-state index in [0.717, 1.165) is 56.4 Å². The molecule has 2 fully saturated rings. The van der Waals surface area contributed by atoms with E-state index in [1.165, 1.54) is 19.4 Å². The van der Waals surface area contributed by atoms with E-state index in [-0.39, 0.29) is 5.91 Å². The summed E-state index contributed by atoms with van der Waals surface area (Å²) in [5.41, 5.74) is 0.993. The zero-order valence-corrected chi connectivity index (χ0v) is 14.2. The van der Waals surface area contributed by atoms with Crippen molar-refractivity contribution in [2.24, 2.45) is 0 Å². The molecule has 0 aliphatic carbocycles. The molecule has 2 aliphatic rings. The highest BCUT2D eigenvalue weighted by atomic mass is 16.5. The van der Waals surface area contributed by atoms with E-state index in [1.807, 2.05) is 29.2 Å². The number of carbonyl (C=O) groups excluding carboxylic acids is 1. The Labute approximate surface area is 139 Å². The van der Waals surface area contributed by atoms with Crippen LogP contribution in [-0.2, 0) is 4.79 Å². The highest BCUT2D eigenvalue weighted by Gasteiger charge is 2.20. The van der Waals surface area contributed by atoms with E-state index in [4.69, 9.17) is 4.74 Å². The maximum Gasteiger partial charge on any atom is 0.226 e. The molecule has 1 amide bonds. The van der Waals surface area contributed by atoms with Crippen LogP contribution in [0.5, 0.6) is 5.75 Å². The van der Waals surface area contributed by atoms with Crippen LogP contribution in [0.1, 0.15) is 45.4 Å². The lowest BCUT2D eigenvalue weighted by Crippen LogP contribution is -2.35. The Hall–Kier alpha value is -1.55. The number of rotatable bonds is 6. The lowest BCUT2D eigenvalue weighted by Gasteiger charge is -2.26. The van der Waals surface area contributed by atoms with E-state index in [9.17, 15) is 4.79 Å². The predicted molar refractivity (Wildman–Crippen MR) is 93.0 cm³/mol. The van der Waals surface area contributed by atoms with Crippen LogP contribution in [-0.4, -0.2) is 43.1 Å². The summed E-state index contributed by atoms with van der Waals surface area (Å²) in [6, 6.07) is 8.70. The highest BCUT2D eigenvalue weighted by Crippen LogP contribution is 2.23. The molecule has 0 radical (unpaired) electrons. The number of anilines is 1. The summed E-state index contributed by atoms with van der Waals surface area (Å²) in [5, 5.41) is 0. The molecule has 1 atom stereocenters. The molecule has 4 heteroatoms. The minimum absolute atomic E-state index is 0.240. The number of ether oxygens (including phenoxy) is 1. The monoisotopic (exact) mass is 316 g/mol. The molecule has 23 heavy (non-hydrogen) atoms. The largest absolute Gasteiger partial charge is 0.494 e. The van der Waals surface area contributed by atoms with Crippen molar-refractivity contribution in [3.63, 3.8) is 0 Å². The Morgan fingerprint density at radius 1 is 1.13 bits per heavy atom. The van der Waals surface area contributed by atoms with Crippen molar-refractivity contribution in [2.75, 3.05) is 31.1 Å². The Bertz CT molecular complexity index is 515. The molecule has 4 nitrogen and oxygen atoms in total. The van der Waals surface area contributed by atoms with E-state index < -0.39 is 0 Å². The van der Waals surface area contributed by atoms with Gasteiger partial charge in [-0.25, -0.2) is 0 Å². The van der Waals surface area contributed by atoms with Gasteiger partial charge in [0.2, 0.25) is 5.91 Å². The van der Waals surface area contributed by atoms with E-state index in [2.05, 4.69) is 11.8 Å². The van der Waals surface area contributed by atoms with Crippen LogP contribution >= 0.6 is 0 Å². The van der Waals surface area contributed by atoms with Gasteiger partial charge in [-0.1, -0.05) is 0 Å². The van der Waals surface area contributed by atoms with Gasteiger partial charge in [0.1, 0.15) is 5.75 Å². The first-order valence-corrected chi connectivity index (χ1v) is 9.01. The summed E-state index contributed by atoms with van der Waals surface area (Å²) < 4.78 is 5.84. The number of nitrogens with zero attached hydrogens (tertiary/aromatic N) is 2. The number of piperidine rings is 1. The molecule has 2 saturated heterocycles. The Morgan fingerprint density at radius 3 is 2.65 bits per heavy atom. The van der Waals surface area contributed by atoms with Gasteiger partial charge < -0.3 is 14.5 Å². The first kappa shape index (κ1) is 16.3. The molecule has 0 unspecified atom stereocenters. The van der Waals surface area contributed by atoms with Crippen LogP contribution in [0.25, 0.3) is 0 Å². The molecule has 1 aromatic rings. The van der Waals surface area contributed by atoms with Gasteiger partial charge in [0.25, 0.3) is 0 Å². The molecule has 2 heterocycles. The summed E-state index contributed by atoms with van der Waals surface area (Å²) in [6.45, 7) is 6.27. The van der Waals surface area contributed by atoms with Crippen molar-refractivity contribution in [1.29, 1.82) is 0 Å². The summed E-state index contributed by atoms with van der Waals surface area (Å²) in [6.07, 6.45) is 6.52. The van der Waals surface area contributed by atoms with Crippen LogP contribution in [0.15, 0.2) is 24.3 Å². The molecule has 126 valence electrons.